The number of hydrogen-bond acceptors (Lipinski definition) is 8. The lowest BCUT2D eigenvalue weighted by molar-refractivity contribution is 0.474. The van der Waals surface area contributed by atoms with Crippen LogP contribution in [0.3, 0.4) is 0 Å². The third-order valence-electron chi connectivity index (χ3n) is 4.89. The monoisotopic (exact) mass is 450 g/mol. The van der Waals surface area contributed by atoms with Crippen molar-refractivity contribution in [3.8, 4) is 11.5 Å². The molecule has 0 aliphatic carbocycles. The van der Waals surface area contributed by atoms with Crippen LogP contribution >= 0.6 is 0 Å². The molecule has 0 fully saturated rings. The first-order valence-electron chi connectivity index (χ1n) is 10.5. The summed E-state index contributed by atoms with van der Waals surface area (Å²) >= 11 is 0. The van der Waals surface area contributed by atoms with E-state index in [1.165, 1.54) is 0 Å². The molecule has 0 unspecified atom stereocenters. The van der Waals surface area contributed by atoms with Crippen LogP contribution < -0.4 is 0 Å². The first-order chi connectivity index (χ1) is 16.5. The first-order valence-corrected chi connectivity index (χ1v) is 10.5. The average molecular weight is 451 g/mol. The highest BCUT2D eigenvalue weighted by Gasteiger charge is 2.00. The van der Waals surface area contributed by atoms with E-state index in [0.717, 1.165) is 11.1 Å². The molecule has 0 aromatic heterocycles. The highest BCUT2D eigenvalue weighted by atomic mass is 16.3. The Kier molecular flexibility index (Phi) is 6.78. The van der Waals surface area contributed by atoms with Crippen LogP contribution in [0.15, 0.2) is 116 Å². The zero-order valence-corrected chi connectivity index (χ0v) is 18.7. The first kappa shape index (κ1) is 22.5. The third kappa shape index (κ3) is 5.95. The minimum absolute atomic E-state index is 0.203. The van der Waals surface area contributed by atoms with Gasteiger partial charge >= 0.3 is 0 Å². The summed E-state index contributed by atoms with van der Waals surface area (Å²) in [5.41, 5.74) is 5.83. The van der Waals surface area contributed by atoms with E-state index in [2.05, 4.69) is 30.7 Å². The highest BCUT2D eigenvalue weighted by Crippen LogP contribution is 2.28. The predicted octanol–water partition coefficient (Wildman–Crippen LogP) is 8.96. The van der Waals surface area contributed by atoms with Gasteiger partial charge in [0.15, 0.2) is 0 Å². The van der Waals surface area contributed by atoms with Crippen LogP contribution in [-0.4, -0.2) is 10.2 Å². The minimum atomic E-state index is 0.203. The van der Waals surface area contributed by atoms with Crippen molar-refractivity contribution in [1.29, 1.82) is 0 Å². The average Bonchev–Trinajstić information content (AvgIpc) is 2.83. The number of nitrogens with zero attached hydrogens (tertiary/aromatic N) is 6. The second-order valence-corrected chi connectivity index (χ2v) is 7.57. The van der Waals surface area contributed by atoms with Crippen LogP contribution in [0, 0.1) is 13.8 Å². The molecule has 0 aliphatic rings. The normalized spacial score (nSPS) is 11.7. The number of aromatic hydroxyl groups is 2. The van der Waals surface area contributed by atoms with E-state index in [9.17, 15) is 10.2 Å². The molecule has 34 heavy (non-hydrogen) atoms. The van der Waals surface area contributed by atoms with Crippen LogP contribution in [0.2, 0.25) is 0 Å². The second kappa shape index (κ2) is 10.3. The number of benzene rings is 4. The zero-order chi connectivity index (χ0) is 23.9. The van der Waals surface area contributed by atoms with Crippen LogP contribution in [0.5, 0.6) is 11.5 Å². The van der Waals surface area contributed by atoms with E-state index in [1.54, 1.807) is 36.4 Å². The molecule has 0 radical (unpaired) electrons. The molecule has 0 heterocycles. The number of phenols is 2. The molecule has 168 valence electrons. The molecule has 0 aliphatic heterocycles. The van der Waals surface area contributed by atoms with Crippen LogP contribution in [0.25, 0.3) is 0 Å². The van der Waals surface area contributed by atoms with Gasteiger partial charge in [0.1, 0.15) is 11.5 Å². The fourth-order valence-electron chi connectivity index (χ4n) is 3.01. The largest absolute Gasteiger partial charge is 0.508 e. The van der Waals surface area contributed by atoms with Crippen LogP contribution in [0.1, 0.15) is 11.1 Å². The van der Waals surface area contributed by atoms with Crippen molar-refractivity contribution in [3.63, 3.8) is 0 Å². The quantitative estimate of drug-likeness (QED) is 0.285. The van der Waals surface area contributed by atoms with Crippen molar-refractivity contribution in [1.82, 2.24) is 0 Å². The maximum Gasteiger partial charge on any atom is 0.115 e. The molecular weight excluding hydrogens is 428 g/mol. The summed E-state index contributed by atoms with van der Waals surface area (Å²) in [6, 6.07) is 24.4. The molecule has 4 aromatic carbocycles. The lowest BCUT2D eigenvalue weighted by atomic mass is 10.2. The summed E-state index contributed by atoms with van der Waals surface area (Å²) in [6.07, 6.45) is 0. The molecule has 0 atom stereocenters. The molecule has 2 N–H and O–H groups in total. The third-order valence-corrected chi connectivity index (χ3v) is 4.89. The predicted molar refractivity (Wildman–Crippen MR) is 131 cm³/mol. The Bertz CT molecular complexity index is 1270. The molecule has 0 spiro atoms. The van der Waals surface area contributed by atoms with E-state index in [4.69, 9.17) is 0 Å². The maximum absolute atomic E-state index is 9.48. The second-order valence-electron chi connectivity index (χ2n) is 7.57. The summed E-state index contributed by atoms with van der Waals surface area (Å²) in [5, 5.41) is 44.3. The van der Waals surface area contributed by atoms with Gasteiger partial charge in [-0.05, 0) is 110 Å². The number of azo groups is 3. The number of hydrogen-bond donors (Lipinski definition) is 2. The highest BCUT2D eigenvalue weighted by molar-refractivity contribution is 5.52. The Morgan fingerprint density at radius 1 is 0.412 bits per heavy atom. The summed E-state index contributed by atoms with van der Waals surface area (Å²) in [6.45, 7) is 3.73. The molecule has 0 bridgehead atoms. The zero-order valence-electron chi connectivity index (χ0n) is 18.7. The van der Waals surface area contributed by atoms with Gasteiger partial charge in [0.25, 0.3) is 0 Å². The number of phenolic OH excluding ortho intramolecular Hbond substituents is 2. The lowest BCUT2D eigenvalue weighted by Gasteiger charge is -2.00. The van der Waals surface area contributed by atoms with Crippen molar-refractivity contribution in [3.05, 3.63) is 96.1 Å². The maximum atomic E-state index is 9.48. The topological polar surface area (TPSA) is 115 Å². The molecule has 4 rings (SSSR count). The number of rotatable bonds is 6. The summed E-state index contributed by atoms with van der Waals surface area (Å²) < 4.78 is 0. The van der Waals surface area contributed by atoms with Crippen molar-refractivity contribution < 1.29 is 10.2 Å². The van der Waals surface area contributed by atoms with Gasteiger partial charge < -0.3 is 10.2 Å². The van der Waals surface area contributed by atoms with Gasteiger partial charge in [-0.25, -0.2) is 0 Å². The van der Waals surface area contributed by atoms with E-state index >= 15 is 0 Å². The molecule has 4 aromatic rings. The van der Waals surface area contributed by atoms with Gasteiger partial charge in [0.2, 0.25) is 0 Å². The van der Waals surface area contributed by atoms with E-state index in [0.29, 0.717) is 34.1 Å². The standard InChI is InChI=1S/C26H22N6O2/c1-17-15-23(33)11-13-25(17)31-29-21-7-3-19(4-8-21)27-28-20-5-9-22(10-6-20)30-32-26-14-12-24(34)16-18(26)2/h3-16,33-34H,1-2H3. The number of aryl methyl sites for hydroxylation is 2. The van der Waals surface area contributed by atoms with Gasteiger partial charge in [0.05, 0.1) is 34.1 Å². The fraction of sp³-hybridized carbons (Fsp3) is 0.0769. The van der Waals surface area contributed by atoms with Gasteiger partial charge in [0, 0.05) is 0 Å². The van der Waals surface area contributed by atoms with Crippen LogP contribution in [-0.2, 0) is 0 Å². The molecule has 0 saturated heterocycles. The van der Waals surface area contributed by atoms with Gasteiger partial charge in [-0.15, -0.1) is 0 Å². The summed E-state index contributed by atoms with van der Waals surface area (Å²) in [7, 11) is 0. The summed E-state index contributed by atoms with van der Waals surface area (Å²) in [5.74, 6) is 0.406. The van der Waals surface area contributed by atoms with E-state index in [1.807, 2.05) is 62.4 Å². The smallest absolute Gasteiger partial charge is 0.115 e. The van der Waals surface area contributed by atoms with Gasteiger partial charge in [-0.3, -0.25) is 0 Å². The Balaban J connectivity index is 1.37. The Morgan fingerprint density at radius 2 is 0.706 bits per heavy atom. The molecule has 8 nitrogen and oxygen atoms in total. The van der Waals surface area contributed by atoms with Crippen molar-refractivity contribution in [2.45, 2.75) is 13.8 Å². The molecule has 0 amide bonds. The van der Waals surface area contributed by atoms with Crippen molar-refractivity contribution in [2.75, 3.05) is 0 Å². The van der Waals surface area contributed by atoms with E-state index < -0.39 is 0 Å². The minimum Gasteiger partial charge on any atom is -0.508 e. The molecule has 8 heteroatoms. The Morgan fingerprint density at radius 3 is 1.00 bits per heavy atom. The van der Waals surface area contributed by atoms with Gasteiger partial charge in [-0.2, -0.15) is 30.7 Å². The summed E-state index contributed by atoms with van der Waals surface area (Å²) in [4.78, 5) is 0. The molecule has 0 saturated carbocycles. The van der Waals surface area contributed by atoms with Crippen molar-refractivity contribution >= 4 is 34.1 Å². The Hall–Kier alpha value is -4.72. The van der Waals surface area contributed by atoms with Gasteiger partial charge in [-0.1, -0.05) is 0 Å². The lowest BCUT2D eigenvalue weighted by Crippen LogP contribution is -1.73. The Labute approximate surface area is 196 Å². The van der Waals surface area contributed by atoms with Crippen molar-refractivity contribution in [2.24, 2.45) is 30.7 Å². The van der Waals surface area contributed by atoms with E-state index in [-0.39, 0.29) is 11.5 Å². The fourth-order valence-corrected chi connectivity index (χ4v) is 3.01. The molecular formula is C26H22N6O2. The van der Waals surface area contributed by atoms with Crippen LogP contribution in [0.4, 0.5) is 34.1 Å². The SMILES string of the molecule is Cc1cc(O)ccc1N=Nc1ccc(N=Nc2ccc(N=Nc3ccc(O)cc3C)cc2)cc1.